The molecule has 1 aromatic heterocycles. The molecule has 0 aliphatic carbocycles. The van der Waals surface area contributed by atoms with Gasteiger partial charge in [0.1, 0.15) is 9.88 Å². The van der Waals surface area contributed by atoms with Crippen LogP contribution in [0.2, 0.25) is 0 Å². The monoisotopic (exact) mass is 365 g/mol. The number of thiazole rings is 1. The summed E-state index contributed by atoms with van der Waals surface area (Å²) in [5.41, 5.74) is 3.35. The molecule has 3 rings (SSSR count). The number of anilines is 1. The van der Waals surface area contributed by atoms with E-state index in [1.807, 2.05) is 61.5 Å². The molecule has 0 saturated heterocycles. The number of benzene rings is 2. The summed E-state index contributed by atoms with van der Waals surface area (Å²) in [5.74, 6) is -0.271. The largest absolute Gasteiger partial charge is 0.347 e. The molecule has 2 aromatic carbocycles. The van der Waals surface area contributed by atoms with Crippen LogP contribution in [0, 0.1) is 6.92 Å². The number of aryl methyl sites for hydroxylation is 1. The van der Waals surface area contributed by atoms with Crippen LogP contribution in [0.1, 0.15) is 27.9 Å². The van der Waals surface area contributed by atoms with Crippen LogP contribution in [0.4, 0.5) is 5.69 Å². The van der Waals surface area contributed by atoms with Gasteiger partial charge in [-0.1, -0.05) is 42.5 Å². The van der Waals surface area contributed by atoms with Crippen molar-refractivity contribution >= 4 is 28.8 Å². The SMILES string of the molecule is CC(=O)Nc1cccc(CNC(=O)c2sc(-c3ccccc3)nc2C)c1. The number of carbonyl (C=O) groups is 2. The topological polar surface area (TPSA) is 71.1 Å². The molecule has 1 heterocycles. The van der Waals surface area contributed by atoms with Crippen molar-refractivity contribution in [2.45, 2.75) is 20.4 Å². The summed E-state index contributed by atoms with van der Waals surface area (Å²) in [7, 11) is 0. The average molecular weight is 365 g/mol. The summed E-state index contributed by atoms with van der Waals surface area (Å²) in [5, 5.41) is 6.49. The van der Waals surface area contributed by atoms with Gasteiger partial charge in [-0.3, -0.25) is 9.59 Å². The molecule has 3 aromatic rings. The number of rotatable bonds is 5. The van der Waals surface area contributed by atoms with Gasteiger partial charge in [0.25, 0.3) is 5.91 Å². The van der Waals surface area contributed by atoms with Crippen LogP contribution in [-0.2, 0) is 11.3 Å². The zero-order chi connectivity index (χ0) is 18.5. The number of nitrogens with zero attached hydrogens (tertiary/aromatic N) is 1. The third-order valence-electron chi connectivity index (χ3n) is 3.72. The first-order valence-corrected chi connectivity index (χ1v) is 9.02. The van der Waals surface area contributed by atoms with Crippen LogP contribution in [0.5, 0.6) is 0 Å². The van der Waals surface area contributed by atoms with Crippen LogP contribution in [0.25, 0.3) is 10.6 Å². The minimum absolute atomic E-state index is 0.125. The van der Waals surface area contributed by atoms with E-state index in [9.17, 15) is 9.59 Å². The van der Waals surface area contributed by atoms with Crippen molar-refractivity contribution in [2.24, 2.45) is 0 Å². The molecule has 0 saturated carbocycles. The van der Waals surface area contributed by atoms with E-state index >= 15 is 0 Å². The lowest BCUT2D eigenvalue weighted by molar-refractivity contribution is -0.114. The van der Waals surface area contributed by atoms with Crippen molar-refractivity contribution in [1.29, 1.82) is 0 Å². The fourth-order valence-electron chi connectivity index (χ4n) is 2.54. The third-order valence-corrected chi connectivity index (χ3v) is 4.93. The number of aromatic nitrogens is 1. The Morgan fingerprint density at radius 2 is 1.85 bits per heavy atom. The lowest BCUT2D eigenvalue weighted by Crippen LogP contribution is -2.22. The van der Waals surface area contributed by atoms with Crippen LogP contribution >= 0.6 is 11.3 Å². The first kappa shape index (κ1) is 17.8. The molecule has 0 bridgehead atoms. The smallest absolute Gasteiger partial charge is 0.263 e. The Labute approximate surface area is 156 Å². The Morgan fingerprint density at radius 1 is 1.08 bits per heavy atom. The van der Waals surface area contributed by atoms with Gasteiger partial charge in [-0.25, -0.2) is 4.98 Å². The predicted octanol–water partition coefficient (Wildman–Crippen LogP) is 4.01. The summed E-state index contributed by atoms with van der Waals surface area (Å²) in [6.07, 6.45) is 0. The Balaban J connectivity index is 1.69. The second kappa shape index (κ2) is 7.93. The Kier molecular flexibility index (Phi) is 5.43. The highest BCUT2D eigenvalue weighted by Gasteiger charge is 2.16. The van der Waals surface area contributed by atoms with Crippen molar-refractivity contribution in [3.05, 3.63) is 70.7 Å². The Bertz CT molecular complexity index is 935. The molecule has 0 spiro atoms. The highest BCUT2D eigenvalue weighted by Crippen LogP contribution is 2.27. The lowest BCUT2D eigenvalue weighted by atomic mass is 10.2. The zero-order valence-electron chi connectivity index (χ0n) is 14.6. The summed E-state index contributed by atoms with van der Waals surface area (Å²) < 4.78 is 0. The number of carbonyl (C=O) groups excluding carboxylic acids is 2. The molecule has 0 fully saturated rings. The first-order chi connectivity index (χ1) is 12.5. The second-order valence-corrected chi connectivity index (χ2v) is 6.86. The third kappa shape index (κ3) is 4.34. The van der Waals surface area contributed by atoms with Crippen molar-refractivity contribution in [3.63, 3.8) is 0 Å². The fraction of sp³-hybridized carbons (Fsp3) is 0.150. The quantitative estimate of drug-likeness (QED) is 0.718. The van der Waals surface area contributed by atoms with Crippen molar-refractivity contribution in [2.75, 3.05) is 5.32 Å². The minimum Gasteiger partial charge on any atom is -0.347 e. The van der Waals surface area contributed by atoms with E-state index in [0.717, 1.165) is 21.8 Å². The number of hydrogen-bond donors (Lipinski definition) is 2. The van der Waals surface area contributed by atoms with Crippen LogP contribution in [0.15, 0.2) is 54.6 Å². The molecular weight excluding hydrogens is 346 g/mol. The Morgan fingerprint density at radius 3 is 2.58 bits per heavy atom. The predicted molar refractivity (Wildman–Crippen MR) is 104 cm³/mol. The van der Waals surface area contributed by atoms with E-state index in [1.165, 1.54) is 18.3 Å². The van der Waals surface area contributed by atoms with Gasteiger partial charge >= 0.3 is 0 Å². The van der Waals surface area contributed by atoms with E-state index in [-0.39, 0.29) is 11.8 Å². The fourth-order valence-corrected chi connectivity index (χ4v) is 3.52. The molecule has 6 heteroatoms. The van der Waals surface area contributed by atoms with Gasteiger partial charge in [0.15, 0.2) is 0 Å². The zero-order valence-corrected chi connectivity index (χ0v) is 15.4. The van der Waals surface area contributed by atoms with Gasteiger partial charge in [-0.2, -0.15) is 0 Å². The van der Waals surface area contributed by atoms with Crippen molar-refractivity contribution in [1.82, 2.24) is 10.3 Å². The van der Waals surface area contributed by atoms with Crippen LogP contribution in [-0.4, -0.2) is 16.8 Å². The molecule has 0 aliphatic rings. The van der Waals surface area contributed by atoms with Crippen molar-refractivity contribution in [3.8, 4) is 10.6 Å². The highest BCUT2D eigenvalue weighted by atomic mass is 32.1. The minimum atomic E-state index is -0.146. The highest BCUT2D eigenvalue weighted by molar-refractivity contribution is 7.17. The second-order valence-electron chi connectivity index (χ2n) is 5.86. The van der Waals surface area contributed by atoms with E-state index in [2.05, 4.69) is 15.6 Å². The van der Waals surface area contributed by atoms with Gasteiger partial charge < -0.3 is 10.6 Å². The maximum absolute atomic E-state index is 12.5. The molecule has 0 unspecified atom stereocenters. The van der Waals surface area contributed by atoms with Crippen molar-refractivity contribution < 1.29 is 9.59 Å². The molecule has 26 heavy (non-hydrogen) atoms. The maximum atomic E-state index is 12.5. The van der Waals surface area contributed by atoms with Gasteiger partial charge in [-0.05, 0) is 24.6 Å². The molecule has 0 radical (unpaired) electrons. The summed E-state index contributed by atoms with van der Waals surface area (Å²) in [4.78, 5) is 28.8. The van der Waals surface area contributed by atoms with E-state index in [0.29, 0.717) is 17.1 Å². The van der Waals surface area contributed by atoms with Gasteiger partial charge in [0, 0.05) is 24.7 Å². The lowest BCUT2D eigenvalue weighted by Gasteiger charge is -2.07. The van der Waals surface area contributed by atoms with Gasteiger partial charge in [-0.15, -0.1) is 11.3 Å². The molecular formula is C20H19N3O2S. The summed E-state index contributed by atoms with van der Waals surface area (Å²) in [6, 6.07) is 17.2. The van der Waals surface area contributed by atoms with Gasteiger partial charge in [0.05, 0.1) is 5.69 Å². The Hall–Kier alpha value is -2.99. The number of nitrogens with one attached hydrogen (secondary N) is 2. The average Bonchev–Trinajstić information content (AvgIpc) is 3.02. The normalized spacial score (nSPS) is 10.4. The standard InChI is InChI=1S/C20H19N3O2S/c1-13-18(26-20(22-13)16-8-4-3-5-9-16)19(25)21-12-15-7-6-10-17(11-15)23-14(2)24/h3-11H,12H2,1-2H3,(H,21,25)(H,23,24). The van der Waals surface area contributed by atoms with Gasteiger partial charge in [0.2, 0.25) is 5.91 Å². The maximum Gasteiger partial charge on any atom is 0.263 e. The molecule has 2 amide bonds. The number of amides is 2. The molecule has 2 N–H and O–H groups in total. The van der Waals surface area contributed by atoms with E-state index in [4.69, 9.17) is 0 Å². The van der Waals surface area contributed by atoms with E-state index in [1.54, 1.807) is 0 Å². The molecule has 5 nitrogen and oxygen atoms in total. The van der Waals surface area contributed by atoms with Crippen LogP contribution in [0.3, 0.4) is 0 Å². The molecule has 132 valence electrons. The molecule has 0 aliphatic heterocycles. The molecule has 0 atom stereocenters. The first-order valence-electron chi connectivity index (χ1n) is 8.20. The van der Waals surface area contributed by atoms with E-state index < -0.39 is 0 Å². The number of hydrogen-bond acceptors (Lipinski definition) is 4. The van der Waals surface area contributed by atoms with Crippen LogP contribution < -0.4 is 10.6 Å². The summed E-state index contributed by atoms with van der Waals surface area (Å²) >= 11 is 1.39. The summed E-state index contributed by atoms with van der Waals surface area (Å²) in [6.45, 7) is 3.69.